The average molecular weight is 522 g/mol. The molecule has 1 aliphatic carbocycles. The van der Waals surface area contributed by atoms with Crippen molar-refractivity contribution in [1.82, 2.24) is 9.78 Å². The highest BCUT2D eigenvalue weighted by atomic mass is 79.9. The topological polar surface area (TPSA) is 73.2 Å². The number of halogens is 4. The fraction of sp³-hybridized carbons (Fsp3) is 0.550. The van der Waals surface area contributed by atoms with Gasteiger partial charge in [-0.3, -0.25) is 9.48 Å². The fourth-order valence-electron chi connectivity index (χ4n) is 3.52. The molecule has 31 heavy (non-hydrogen) atoms. The van der Waals surface area contributed by atoms with Gasteiger partial charge in [-0.1, -0.05) is 6.92 Å². The first-order valence-corrected chi connectivity index (χ1v) is 11.6. The highest BCUT2D eigenvalue weighted by Crippen LogP contribution is 2.40. The van der Waals surface area contributed by atoms with Crippen LogP contribution < -0.4 is 5.32 Å². The minimum Gasteiger partial charge on any atom is -0.462 e. The first-order valence-electron chi connectivity index (χ1n) is 10.0. The van der Waals surface area contributed by atoms with Gasteiger partial charge in [0.15, 0.2) is 5.69 Å². The van der Waals surface area contributed by atoms with Gasteiger partial charge in [0.1, 0.15) is 11.0 Å². The van der Waals surface area contributed by atoms with Crippen LogP contribution in [-0.4, -0.2) is 28.3 Å². The second-order valence-electron chi connectivity index (χ2n) is 7.41. The van der Waals surface area contributed by atoms with Crippen molar-refractivity contribution in [1.29, 1.82) is 0 Å². The maximum absolute atomic E-state index is 13.2. The predicted octanol–water partition coefficient (Wildman–Crippen LogP) is 5.68. The van der Waals surface area contributed by atoms with Gasteiger partial charge in [0.2, 0.25) is 5.91 Å². The van der Waals surface area contributed by atoms with Crippen molar-refractivity contribution in [2.75, 3.05) is 11.9 Å². The Hall–Kier alpha value is -1.88. The lowest BCUT2D eigenvalue weighted by molar-refractivity contribution is -0.142. The van der Waals surface area contributed by atoms with E-state index >= 15 is 0 Å². The Labute approximate surface area is 190 Å². The molecule has 1 N–H and O–H groups in total. The molecule has 11 heteroatoms. The molecular weight excluding hydrogens is 499 g/mol. The molecule has 0 aromatic carbocycles. The van der Waals surface area contributed by atoms with Crippen molar-refractivity contribution in [2.45, 2.75) is 65.1 Å². The number of nitrogens with one attached hydrogen (secondary N) is 1. The summed E-state index contributed by atoms with van der Waals surface area (Å²) in [7, 11) is 0. The zero-order valence-corrected chi connectivity index (χ0v) is 19.8. The van der Waals surface area contributed by atoms with E-state index in [9.17, 15) is 22.8 Å². The minimum absolute atomic E-state index is 0.183. The summed E-state index contributed by atoms with van der Waals surface area (Å²) in [5.41, 5.74) is 0.365. The Morgan fingerprint density at radius 1 is 1.32 bits per heavy atom. The molecule has 2 aromatic heterocycles. The number of fused-ring (bicyclic) bond motifs is 1. The summed E-state index contributed by atoms with van der Waals surface area (Å²) in [5.74, 6) is -1.04. The molecule has 170 valence electrons. The molecule has 1 aliphatic rings. The predicted molar refractivity (Wildman–Crippen MR) is 115 cm³/mol. The van der Waals surface area contributed by atoms with Gasteiger partial charge in [0.25, 0.3) is 0 Å². The van der Waals surface area contributed by atoms with Crippen LogP contribution in [-0.2, 0) is 28.5 Å². The van der Waals surface area contributed by atoms with Crippen LogP contribution in [0.25, 0.3) is 0 Å². The monoisotopic (exact) mass is 521 g/mol. The highest BCUT2D eigenvalue weighted by molar-refractivity contribution is 9.10. The molecule has 0 saturated carbocycles. The summed E-state index contributed by atoms with van der Waals surface area (Å²) >= 11 is 4.25. The van der Waals surface area contributed by atoms with Gasteiger partial charge in [0.05, 0.1) is 22.3 Å². The van der Waals surface area contributed by atoms with Crippen LogP contribution >= 0.6 is 27.3 Å². The van der Waals surface area contributed by atoms with Crippen LogP contribution in [0.15, 0.2) is 4.47 Å². The lowest BCUT2D eigenvalue weighted by Gasteiger charge is -2.15. The number of hydrogen-bond donors (Lipinski definition) is 1. The Morgan fingerprint density at radius 3 is 2.61 bits per heavy atom. The van der Waals surface area contributed by atoms with E-state index in [0.29, 0.717) is 17.0 Å². The Balaban J connectivity index is 1.90. The van der Waals surface area contributed by atoms with Gasteiger partial charge >= 0.3 is 12.1 Å². The van der Waals surface area contributed by atoms with E-state index in [-0.39, 0.29) is 16.8 Å². The van der Waals surface area contributed by atoms with Crippen molar-refractivity contribution in [3.63, 3.8) is 0 Å². The molecule has 0 spiro atoms. The van der Waals surface area contributed by atoms with E-state index in [0.717, 1.165) is 40.8 Å². The maximum Gasteiger partial charge on any atom is 0.436 e. The molecule has 2 heterocycles. The SMILES string of the molecule is CCCOC(=O)c1c(NC(=O)C(C)n2nc(C(F)(F)F)c(Br)c2C)sc2c1CCCC2. The number of esters is 1. The van der Waals surface area contributed by atoms with Crippen molar-refractivity contribution in [3.05, 3.63) is 31.9 Å². The van der Waals surface area contributed by atoms with Crippen LogP contribution in [0.2, 0.25) is 0 Å². The number of nitrogens with zero attached hydrogens (tertiary/aromatic N) is 2. The zero-order valence-electron chi connectivity index (χ0n) is 17.4. The number of carbonyl (C=O) groups is 2. The largest absolute Gasteiger partial charge is 0.462 e. The second-order valence-corrected chi connectivity index (χ2v) is 9.30. The summed E-state index contributed by atoms with van der Waals surface area (Å²) < 4.78 is 45.7. The van der Waals surface area contributed by atoms with Gasteiger partial charge in [-0.2, -0.15) is 18.3 Å². The summed E-state index contributed by atoms with van der Waals surface area (Å²) in [6.07, 6.45) is -0.475. The number of rotatable bonds is 6. The van der Waals surface area contributed by atoms with Gasteiger partial charge in [-0.25, -0.2) is 4.79 Å². The molecule has 6 nitrogen and oxygen atoms in total. The van der Waals surface area contributed by atoms with E-state index < -0.39 is 29.8 Å². The molecule has 0 fully saturated rings. The van der Waals surface area contributed by atoms with E-state index in [2.05, 4.69) is 26.3 Å². The van der Waals surface area contributed by atoms with Gasteiger partial charge in [-0.15, -0.1) is 11.3 Å². The lowest BCUT2D eigenvalue weighted by atomic mass is 9.95. The number of aryl methyl sites for hydroxylation is 1. The van der Waals surface area contributed by atoms with Crippen molar-refractivity contribution >= 4 is 44.1 Å². The van der Waals surface area contributed by atoms with Crippen molar-refractivity contribution in [3.8, 4) is 0 Å². The van der Waals surface area contributed by atoms with E-state index in [1.807, 2.05) is 6.92 Å². The van der Waals surface area contributed by atoms with E-state index in [4.69, 9.17) is 4.74 Å². The molecule has 1 unspecified atom stereocenters. The number of amides is 1. The number of hydrogen-bond acceptors (Lipinski definition) is 5. The van der Waals surface area contributed by atoms with Crippen LogP contribution in [0.3, 0.4) is 0 Å². The molecule has 0 radical (unpaired) electrons. The third-order valence-corrected chi connectivity index (χ3v) is 7.30. The molecule has 0 saturated heterocycles. The third-order valence-electron chi connectivity index (χ3n) is 5.14. The second kappa shape index (κ2) is 9.32. The molecule has 3 rings (SSSR count). The average Bonchev–Trinajstić information content (AvgIpc) is 3.22. The number of ether oxygens (including phenoxy) is 1. The number of anilines is 1. The van der Waals surface area contributed by atoms with Gasteiger partial charge < -0.3 is 10.1 Å². The molecule has 1 atom stereocenters. The first-order chi connectivity index (χ1) is 14.6. The number of thiophene rings is 1. The van der Waals surface area contributed by atoms with Crippen LogP contribution in [0, 0.1) is 6.92 Å². The van der Waals surface area contributed by atoms with Crippen molar-refractivity contribution in [2.24, 2.45) is 0 Å². The van der Waals surface area contributed by atoms with E-state index in [1.54, 1.807) is 0 Å². The van der Waals surface area contributed by atoms with Crippen molar-refractivity contribution < 1.29 is 27.5 Å². The maximum atomic E-state index is 13.2. The fourth-order valence-corrected chi connectivity index (χ4v) is 5.29. The molecule has 1 amide bonds. The van der Waals surface area contributed by atoms with E-state index in [1.165, 1.54) is 25.2 Å². The quantitative estimate of drug-likeness (QED) is 0.496. The minimum atomic E-state index is -4.64. The van der Waals surface area contributed by atoms with Gasteiger partial charge in [0, 0.05) is 4.88 Å². The molecule has 2 aromatic rings. The third kappa shape index (κ3) is 4.82. The Morgan fingerprint density at radius 2 is 2.00 bits per heavy atom. The van der Waals surface area contributed by atoms with Crippen LogP contribution in [0.5, 0.6) is 0 Å². The molecule has 0 aliphatic heterocycles. The number of aromatic nitrogens is 2. The zero-order chi connectivity index (χ0) is 22.9. The summed E-state index contributed by atoms with van der Waals surface area (Å²) in [6.45, 7) is 5.08. The summed E-state index contributed by atoms with van der Waals surface area (Å²) in [5, 5.41) is 6.72. The first kappa shape index (κ1) is 23.8. The highest BCUT2D eigenvalue weighted by Gasteiger charge is 2.39. The van der Waals surface area contributed by atoms with Crippen LogP contribution in [0.1, 0.15) is 71.3 Å². The van der Waals surface area contributed by atoms with Crippen LogP contribution in [0.4, 0.5) is 18.2 Å². The lowest BCUT2D eigenvalue weighted by Crippen LogP contribution is -2.26. The normalized spacial score (nSPS) is 14.8. The number of alkyl halides is 3. The summed E-state index contributed by atoms with van der Waals surface area (Å²) in [6, 6.07) is -1.02. The number of carbonyl (C=O) groups excluding carboxylic acids is 2. The smallest absolute Gasteiger partial charge is 0.436 e. The molecular formula is C20H23BrF3N3O3S. The Kier molecular flexibility index (Phi) is 7.14. The molecule has 0 bridgehead atoms. The Bertz CT molecular complexity index is 1000. The standard InChI is InChI=1S/C20H23BrF3N3O3S/c1-4-9-30-19(29)14-12-7-5-6-8-13(12)31-18(14)25-17(28)11(3)27-10(2)15(21)16(26-27)20(22,23)24/h11H,4-9H2,1-3H3,(H,25,28). The summed E-state index contributed by atoms with van der Waals surface area (Å²) in [4.78, 5) is 26.6. The van der Waals surface area contributed by atoms with Gasteiger partial charge in [-0.05, 0) is 67.4 Å².